The van der Waals surface area contributed by atoms with Crippen LogP contribution in [-0.2, 0) is 20.1 Å². The van der Waals surface area contributed by atoms with Crippen LogP contribution < -0.4 is 4.40 Å². The number of rotatable bonds is 7. The standard InChI is InChI=1S/C45H36N3S.C16H19FGeN.Ir/c1-26(2)37-22-32(29-12-7-6-8-13-29)23-38(27(3)4)42(37)48-41-24-31-20-19-30-14-9-10-15-33(30)39(31)25-40(41)47-44(48)36-17-11-16-34-35-21-18-28(5)46-45(35)49-43(34)36;1-11-7-6-8-13(16(11)17)15-9-12(2)14(10-19-15)18(3,4)5;/h6-16,18-27H,1-5H3;6-7,9-10H,1-5H3;/q2*-1;/i;1D3,2D3;. The molecule has 0 aliphatic heterocycles. The molecule has 4 nitrogen and oxygen atoms in total. The van der Waals surface area contributed by atoms with E-state index in [9.17, 15) is 4.39 Å². The molecule has 0 aliphatic rings. The molecule has 69 heavy (non-hydrogen) atoms. The average Bonchev–Trinajstić information content (AvgIpc) is 3.92. The maximum Gasteiger partial charge on any atom is 0 e. The van der Waals surface area contributed by atoms with Crippen LogP contribution in [0, 0.1) is 38.6 Å². The Hall–Kier alpha value is -5.83. The van der Waals surface area contributed by atoms with E-state index in [0.29, 0.717) is 0 Å². The van der Waals surface area contributed by atoms with E-state index in [1.165, 1.54) is 83.3 Å². The number of fused-ring (bicyclic) bond motifs is 7. The second kappa shape index (κ2) is 19.2. The van der Waals surface area contributed by atoms with Crippen molar-refractivity contribution in [3.05, 3.63) is 186 Å². The molecular weight excluding hydrogens is 1100 g/mol. The van der Waals surface area contributed by atoms with Gasteiger partial charge in [0.15, 0.2) is 0 Å². The zero-order chi connectivity index (χ0) is 52.6. The average molecular weight is 1170 g/mol. The fourth-order valence-corrected chi connectivity index (χ4v) is 13.3. The molecule has 0 saturated heterocycles. The van der Waals surface area contributed by atoms with Gasteiger partial charge in [-0.2, -0.15) is 11.3 Å². The van der Waals surface area contributed by atoms with Crippen molar-refractivity contribution >= 4 is 81.9 Å². The molecule has 8 heteroatoms. The smallest absolute Gasteiger partial charge is 0 e. The molecule has 0 fully saturated rings. The van der Waals surface area contributed by atoms with Crippen LogP contribution in [0.3, 0.4) is 0 Å². The van der Waals surface area contributed by atoms with Gasteiger partial charge in [-0.25, -0.2) is 4.98 Å². The van der Waals surface area contributed by atoms with Gasteiger partial charge < -0.3 is 4.57 Å². The van der Waals surface area contributed by atoms with Gasteiger partial charge in [-0.15, -0.1) is 18.2 Å². The topological polar surface area (TPSA) is 43.6 Å². The molecule has 1 radical (unpaired) electrons. The molecule has 0 amide bonds. The van der Waals surface area contributed by atoms with Crippen LogP contribution in [-0.4, -0.2) is 32.8 Å². The van der Waals surface area contributed by atoms with E-state index in [0.717, 1.165) is 43.4 Å². The number of benzene rings is 7. The third kappa shape index (κ3) is 9.00. The second-order valence-corrected chi connectivity index (χ2v) is 30.8. The molecule has 4 aromatic heterocycles. The minimum atomic E-state index is -2.61. The fraction of sp³-hybridized carbons (Fsp3) is 0.197. The summed E-state index contributed by atoms with van der Waals surface area (Å²) in [4.78, 5) is 15.7. The number of hydrogen-bond donors (Lipinski definition) is 0. The Morgan fingerprint density at radius 2 is 1.36 bits per heavy atom. The van der Waals surface area contributed by atoms with Gasteiger partial charge in [-0.1, -0.05) is 111 Å². The molecular formula is C61H55FGeIrN4S-2. The molecule has 11 rings (SSSR count). The predicted molar refractivity (Wildman–Crippen MR) is 290 cm³/mol. The molecule has 0 bridgehead atoms. The molecule has 7 aromatic carbocycles. The Morgan fingerprint density at radius 1 is 0.667 bits per heavy atom. The van der Waals surface area contributed by atoms with E-state index >= 15 is 0 Å². The first-order valence-corrected chi connectivity index (χ1v) is 31.2. The van der Waals surface area contributed by atoms with Crippen LogP contribution in [0.15, 0.2) is 140 Å². The van der Waals surface area contributed by atoms with Gasteiger partial charge in [0.1, 0.15) is 4.83 Å². The van der Waals surface area contributed by atoms with Crippen molar-refractivity contribution in [1.29, 1.82) is 0 Å². The molecule has 0 unspecified atom stereocenters. The first-order valence-electron chi connectivity index (χ1n) is 26.1. The van der Waals surface area contributed by atoms with Crippen LogP contribution in [0.5, 0.6) is 0 Å². The summed E-state index contributed by atoms with van der Waals surface area (Å²) in [5.74, 6) is 6.68. The molecule has 347 valence electrons. The van der Waals surface area contributed by atoms with Crippen molar-refractivity contribution in [3.63, 3.8) is 0 Å². The van der Waals surface area contributed by atoms with Crippen molar-refractivity contribution in [1.82, 2.24) is 19.5 Å². The van der Waals surface area contributed by atoms with E-state index < -0.39 is 38.4 Å². The molecule has 4 heterocycles. The van der Waals surface area contributed by atoms with Crippen molar-refractivity contribution in [2.45, 2.75) is 77.4 Å². The van der Waals surface area contributed by atoms with Crippen LogP contribution in [0.1, 0.15) is 75.7 Å². The monoisotopic (exact) mass is 1170 g/mol. The first-order chi connectivity index (χ1) is 35.1. The van der Waals surface area contributed by atoms with Crippen molar-refractivity contribution in [2.75, 3.05) is 0 Å². The van der Waals surface area contributed by atoms with E-state index in [2.05, 4.69) is 172 Å². The first kappa shape index (κ1) is 41.0. The van der Waals surface area contributed by atoms with Gasteiger partial charge in [-0.05, 0) is 103 Å². The fourth-order valence-electron chi connectivity index (χ4n) is 9.32. The Bertz CT molecular complexity index is 3940. The van der Waals surface area contributed by atoms with Gasteiger partial charge in [-0.3, -0.25) is 4.98 Å². The Kier molecular flexibility index (Phi) is 11.4. The SMILES string of the molecule is Cc1ccc2c(n1)sc1c(-c3nc4cc5c(ccc6ccccc65)cc4n3-c3c(C(C)C)cc(-c4ccccc4)cc3C(C)C)[c-]ccc12.[2H]C([2H])([2H])c1cc(-c2[c-]ccc(C([2H])([2H])[2H])c2F)nc[c]1[Ge]([CH3])([CH3])[CH3].[Ir]. The zero-order valence-electron chi connectivity index (χ0n) is 45.8. The number of aromatic nitrogens is 4. The summed E-state index contributed by atoms with van der Waals surface area (Å²) in [6.07, 6.45) is 1.49. The van der Waals surface area contributed by atoms with Crippen molar-refractivity contribution in [3.8, 4) is 39.5 Å². The maximum absolute atomic E-state index is 14.7. The van der Waals surface area contributed by atoms with Crippen molar-refractivity contribution in [2.24, 2.45) is 0 Å². The van der Waals surface area contributed by atoms with Gasteiger partial charge in [0.25, 0.3) is 0 Å². The van der Waals surface area contributed by atoms with E-state index in [1.807, 2.05) is 17.3 Å². The van der Waals surface area contributed by atoms with E-state index in [-0.39, 0.29) is 48.8 Å². The van der Waals surface area contributed by atoms with Crippen molar-refractivity contribution < 1.29 is 32.7 Å². The molecule has 11 aromatic rings. The minimum absolute atomic E-state index is 0. The molecule has 0 spiro atoms. The van der Waals surface area contributed by atoms with Crippen LogP contribution in [0.2, 0.25) is 17.3 Å². The summed E-state index contributed by atoms with van der Waals surface area (Å²) in [5.41, 5.74) is 10.1. The summed E-state index contributed by atoms with van der Waals surface area (Å²) < 4.78 is 64.6. The summed E-state index contributed by atoms with van der Waals surface area (Å²) in [6.45, 7) is 6.33. The molecule has 0 atom stereocenters. The second-order valence-electron chi connectivity index (χ2n) is 19.2. The Labute approximate surface area is 433 Å². The molecule has 0 saturated carbocycles. The minimum Gasteiger partial charge on any atom is 0 e. The Balaban J connectivity index is 0.000000225. The summed E-state index contributed by atoms with van der Waals surface area (Å²) in [6, 6.07) is 52.0. The van der Waals surface area contributed by atoms with Gasteiger partial charge in [0.2, 0.25) is 0 Å². The van der Waals surface area contributed by atoms with Crippen LogP contribution in [0.4, 0.5) is 4.39 Å². The zero-order valence-corrected chi connectivity index (χ0v) is 45.2. The number of hydrogen-bond acceptors (Lipinski definition) is 4. The third-order valence-electron chi connectivity index (χ3n) is 12.8. The number of pyridine rings is 2. The third-order valence-corrected chi connectivity index (χ3v) is 18.2. The summed E-state index contributed by atoms with van der Waals surface area (Å²) in [5, 5.41) is 7.29. The Morgan fingerprint density at radius 3 is 2.09 bits per heavy atom. The number of nitrogens with zero attached hydrogens (tertiary/aromatic N) is 4. The van der Waals surface area contributed by atoms with E-state index in [4.69, 9.17) is 18.2 Å². The van der Waals surface area contributed by atoms with Gasteiger partial charge in [0, 0.05) is 31.5 Å². The number of aryl methyl sites for hydroxylation is 3. The van der Waals surface area contributed by atoms with E-state index in [1.54, 1.807) is 11.3 Å². The number of halogens is 1. The van der Waals surface area contributed by atoms with Gasteiger partial charge >= 0.3 is 125 Å². The summed E-state index contributed by atoms with van der Waals surface area (Å²) in [7, 11) is 0. The predicted octanol–water partition coefficient (Wildman–Crippen LogP) is 16.6. The normalized spacial score (nSPS) is 13.5. The summed E-state index contributed by atoms with van der Waals surface area (Å²) >= 11 is -0.774. The quantitative estimate of drug-likeness (QED) is 0.0907. The molecule has 0 aliphatic carbocycles. The maximum atomic E-state index is 14.7. The van der Waals surface area contributed by atoms with Crippen LogP contribution >= 0.6 is 11.3 Å². The molecule has 0 N–H and O–H groups in total. The van der Waals surface area contributed by atoms with Gasteiger partial charge in [0.05, 0.1) is 16.9 Å². The number of thiophene rings is 1. The largest absolute Gasteiger partial charge is 0 e. The van der Waals surface area contributed by atoms with Crippen LogP contribution in [0.25, 0.3) is 92.3 Å². The number of imidazole rings is 1.